The number of nitrogens with one attached hydrogen (secondary N) is 1. The third kappa shape index (κ3) is 6.49. The molecule has 158 valence electrons. The van der Waals surface area contributed by atoms with E-state index in [1.165, 1.54) is 12.1 Å². The SMILES string of the molecule is O=C(COC(=O)[C@@H](CC(=O)c1ccccc1)Nc1ccc(Cl)cc1)c1ccc(F)cc1. The van der Waals surface area contributed by atoms with Gasteiger partial charge in [-0.15, -0.1) is 0 Å². The maximum Gasteiger partial charge on any atom is 0.329 e. The number of carbonyl (C=O) groups excluding carboxylic acids is 3. The minimum absolute atomic E-state index is 0.170. The van der Waals surface area contributed by atoms with Gasteiger partial charge in [0.05, 0.1) is 0 Å². The standard InChI is InChI=1S/C24H19ClFNO4/c25-18-8-12-20(13-9-18)27-21(14-22(28)16-4-2-1-3-5-16)24(30)31-15-23(29)17-6-10-19(26)11-7-17/h1-13,21,27H,14-15H2/t21-/m1/s1. The summed E-state index contributed by atoms with van der Waals surface area (Å²) in [6.45, 7) is -0.525. The topological polar surface area (TPSA) is 72.5 Å². The predicted molar refractivity (Wildman–Crippen MR) is 116 cm³/mol. The number of esters is 1. The molecule has 0 unspecified atom stereocenters. The monoisotopic (exact) mass is 439 g/mol. The molecule has 0 aliphatic rings. The minimum atomic E-state index is -1.02. The highest BCUT2D eigenvalue weighted by atomic mass is 35.5. The number of rotatable bonds is 9. The Kier molecular flexibility index (Phi) is 7.51. The molecule has 0 heterocycles. The molecular weight excluding hydrogens is 421 g/mol. The Morgan fingerprint density at radius 3 is 2.10 bits per heavy atom. The molecular formula is C24H19ClFNO4. The van der Waals surface area contributed by atoms with Crippen LogP contribution in [-0.2, 0) is 9.53 Å². The van der Waals surface area contributed by atoms with Crippen molar-refractivity contribution < 1.29 is 23.5 Å². The molecule has 0 saturated heterocycles. The first-order valence-corrected chi connectivity index (χ1v) is 9.86. The number of anilines is 1. The van der Waals surface area contributed by atoms with Crippen molar-refractivity contribution in [3.8, 4) is 0 Å². The van der Waals surface area contributed by atoms with Crippen LogP contribution in [0.15, 0.2) is 78.9 Å². The van der Waals surface area contributed by atoms with Crippen LogP contribution in [-0.4, -0.2) is 30.2 Å². The van der Waals surface area contributed by atoms with Gasteiger partial charge in [0.2, 0.25) is 0 Å². The van der Waals surface area contributed by atoms with Crippen LogP contribution in [0.2, 0.25) is 5.02 Å². The third-order valence-corrected chi connectivity index (χ3v) is 4.72. The number of hydrogen-bond donors (Lipinski definition) is 1. The maximum atomic E-state index is 13.0. The largest absolute Gasteiger partial charge is 0.456 e. The summed E-state index contributed by atoms with van der Waals surface area (Å²) in [6.07, 6.45) is -0.170. The highest BCUT2D eigenvalue weighted by molar-refractivity contribution is 6.30. The van der Waals surface area contributed by atoms with Crippen LogP contribution in [0, 0.1) is 5.82 Å². The molecule has 7 heteroatoms. The Bertz CT molecular complexity index is 1050. The van der Waals surface area contributed by atoms with Gasteiger partial charge in [-0.25, -0.2) is 9.18 Å². The fourth-order valence-electron chi connectivity index (χ4n) is 2.82. The van der Waals surface area contributed by atoms with Crippen molar-refractivity contribution >= 4 is 34.8 Å². The average Bonchev–Trinajstić information content (AvgIpc) is 2.79. The molecule has 0 radical (unpaired) electrons. The van der Waals surface area contributed by atoms with Crippen molar-refractivity contribution in [2.24, 2.45) is 0 Å². The lowest BCUT2D eigenvalue weighted by molar-refractivity contribution is -0.143. The molecule has 0 aliphatic carbocycles. The molecule has 3 aromatic carbocycles. The van der Waals surface area contributed by atoms with Gasteiger partial charge in [0.25, 0.3) is 0 Å². The van der Waals surface area contributed by atoms with Gasteiger partial charge in [0.15, 0.2) is 18.2 Å². The number of Topliss-reactive ketones (excluding diaryl/α,β-unsaturated/α-hetero) is 2. The first-order chi connectivity index (χ1) is 14.9. The Hall–Kier alpha value is -3.51. The highest BCUT2D eigenvalue weighted by Crippen LogP contribution is 2.17. The number of carbonyl (C=O) groups is 3. The van der Waals surface area contributed by atoms with Crippen molar-refractivity contribution in [1.82, 2.24) is 0 Å². The summed E-state index contributed by atoms with van der Waals surface area (Å²) in [5.74, 6) is -1.96. The first kappa shape index (κ1) is 22.2. The van der Waals surface area contributed by atoms with E-state index >= 15 is 0 Å². The fourth-order valence-corrected chi connectivity index (χ4v) is 2.95. The maximum absolute atomic E-state index is 13.0. The Morgan fingerprint density at radius 2 is 1.45 bits per heavy atom. The number of hydrogen-bond acceptors (Lipinski definition) is 5. The zero-order valence-corrected chi connectivity index (χ0v) is 17.1. The molecule has 0 bridgehead atoms. The summed E-state index contributed by atoms with van der Waals surface area (Å²) in [4.78, 5) is 37.5. The van der Waals surface area contributed by atoms with E-state index in [-0.39, 0.29) is 17.8 Å². The summed E-state index contributed by atoms with van der Waals surface area (Å²) < 4.78 is 18.2. The molecule has 3 aromatic rings. The van der Waals surface area contributed by atoms with E-state index in [1.54, 1.807) is 54.6 Å². The van der Waals surface area contributed by atoms with E-state index in [2.05, 4.69) is 5.32 Å². The molecule has 0 fully saturated rings. The molecule has 1 N–H and O–H groups in total. The van der Waals surface area contributed by atoms with Crippen molar-refractivity contribution in [2.75, 3.05) is 11.9 Å². The second-order valence-electron chi connectivity index (χ2n) is 6.73. The van der Waals surface area contributed by atoms with Crippen LogP contribution < -0.4 is 5.32 Å². The Morgan fingerprint density at radius 1 is 0.839 bits per heavy atom. The third-order valence-electron chi connectivity index (χ3n) is 4.47. The van der Waals surface area contributed by atoms with Crippen LogP contribution in [0.25, 0.3) is 0 Å². The van der Waals surface area contributed by atoms with Crippen LogP contribution in [0.5, 0.6) is 0 Å². The van der Waals surface area contributed by atoms with Crippen molar-refractivity contribution in [2.45, 2.75) is 12.5 Å². The van der Waals surface area contributed by atoms with E-state index in [1.807, 2.05) is 0 Å². The lowest BCUT2D eigenvalue weighted by atomic mass is 10.0. The number of ether oxygens (including phenoxy) is 1. The average molecular weight is 440 g/mol. The van der Waals surface area contributed by atoms with Gasteiger partial charge in [-0.1, -0.05) is 41.9 Å². The zero-order valence-electron chi connectivity index (χ0n) is 16.4. The summed E-state index contributed by atoms with van der Waals surface area (Å²) in [5.41, 5.74) is 1.24. The number of benzene rings is 3. The molecule has 0 aliphatic heterocycles. The van der Waals surface area contributed by atoms with Gasteiger partial charge >= 0.3 is 5.97 Å². The van der Waals surface area contributed by atoms with Crippen LogP contribution in [0.1, 0.15) is 27.1 Å². The van der Waals surface area contributed by atoms with E-state index < -0.39 is 30.2 Å². The predicted octanol–water partition coefficient (Wildman–Crippen LogP) is 4.96. The van der Waals surface area contributed by atoms with Crippen LogP contribution in [0.4, 0.5) is 10.1 Å². The molecule has 0 saturated carbocycles. The van der Waals surface area contributed by atoms with Gasteiger partial charge < -0.3 is 10.1 Å². The minimum Gasteiger partial charge on any atom is -0.456 e. The van der Waals surface area contributed by atoms with Crippen molar-refractivity contribution in [1.29, 1.82) is 0 Å². The van der Waals surface area contributed by atoms with E-state index in [4.69, 9.17) is 16.3 Å². The first-order valence-electron chi connectivity index (χ1n) is 9.48. The van der Waals surface area contributed by atoms with Crippen molar-refractivity contribution in [3.05, 3.63) is 101 Å². The lowest BCUT2D eigenvalue weighted by Crippen LogP contribution is -2.34. The number of halogens is 2. The smallest absolute Gasteiger partial charge is 0.329 e. The summed E-state index contributed by atoms with van der Waals surface area (Å²) in [7, 11) is 0. The number of ketones is 2. The van der Waals surface area contributed by atoms with Crippen molar-refractivity contribution in [3.63, 3.8) is 0 Å². The van der Waals surface area contributed by atoms with Crippen LogP contribution >= 0.6 is 11.6 Å². The quantitative estimate of drug-likeness (QED) is 0.377. The lowest BCUT2D eigenvalue weighted by Gasteiger charge is -2.18. The Labute approximate surface area is 183 Å². The van der Waals surface area contributed by atoms with Gasteiger partial charge in [-0.2, -0.15) is 0 Å². The Balaban J connectivity index is 1.70. The van der Waals surface area contributed by atoms with Gasteiger partial charge in [-0.05, 0) is 48.5 Å². The van der Waals surface area contributed by atoms with Gasteiger partial charge in [-0.3, -0.25) is 9.59 Å². The van der Waals surface area contributed by atoms with Gasteiger partial charge in [0.1, 0.15) is 11.9 Å². The molecule has 5 nitrogen and oxygen atoms in total. The second kappa shape index (κ2) is 10.5. The summed E-state index contributed by atoms with van der Waals surface area (Å²) in [5, 5.41) is 3.49. The second-order valence-corrected chi connectivity index (χ2v) is 7.17. The fraction of sp³-hybridized carbons (Fsp3) is 0.125. The summed E-state index contributed by atoms with van der Waals surface area (Å²) in [6, 6.07) is 19.1. The van der Waals surface area contributed by atoms with Crippen LogP contribution in [0.3, 0.4) is 0 Å². The zero-order chi connectivity index (χ0) is 22.2. The molecule has 3 rings (SSSR count). The molecule has 1 atom stereocenters. The van der Waals surface area contributed by atoms with E-state index in [9.17, 15) is 18.8 Å². The van der Waals surface area contributed by atoms with Gasteiger partial charge in [0, 0.05) is 28.3 Å². The van der Waals surface area contributed by atoms with E-state index in [0.29, 0.717) is 16.3 Å². The molecule has 0 amide bonds. The molecule has 0 aromatic heterocycles. The molecule has 31 heavy (non-hydrogen) atoms. The normalized spacial score (nSPS) is 11.4. The molecule has 0 spiro atoms. The summed E-state index contributed by atoms with van der Waals surface area (Å²) >= 11 is 5.89. The van der Waals surface area contributed by atoms with E-state index in [0.717, 1.165) is 12.1 Å². The highest BCUT2D eigenvalue weighted by Gasteiger charge is 2.25.